The van der Waals surface area contributed by atoms with Gasteiger partial charge in [-0.25, -0.2) is 4.79 Å². The molecule has 0 heterocycles. The van der Waals surface area contributed by atoms with Crippen LogP contribution in [-0.2, 0) is 0 Å². The van der Waals surface area contributed by atoms with E-state index in [1.165, 1.54) is 0 Å². The lowest BCUT2D eigenvalue weighted by Gasteiger charge is -2.05. The summed E-state index contributed by atoms with van der Waals surface area (Å²) < 4.78 is 0. The van der Waals surface area contributed by atoms with Crippen molar-refractivity contribution in [3.05, 3.63) is 0 Å². The summed E-state index contributed by atoms with van der Waals surface area (Å²) in [4.78, 5) is 9.90. The summed E-state index contributed by atoms with van der Waals surface area (Å²) in [6.07, 6.45) is 1.00. The van der Waals surface area contributed by atoms with E-state index in [-0.39, 0.29) is 0 Å². The van der Waals surface area contributed by atoms with Gasteiger partial charge in [0, 0.05) is 11.8 Å². The molecule has 1 unspecified atom stereocenters. The number of rotatable bonds is 3. The van der Waals surface area contributed by atoms with Gasteiger partial charge in [-0.05, 0) is 6.26 Å². The third kappa shape index (κ3) is 5.49. The van der Waals surface area contributed by atoms with Crippen LogP contribution in [0.5, 0.6) is 0 Å². The zero-order valence-corrected chi connectivity index (χ0v) is 6.36. The van der Waals surface area contributed by atoms with Gasteiger partial charge in [0.25, 0.3) is 0 Å². The molecule has 0 fully saturated rings. The van der Waals surface area contributed by atoms with Gasteiger partial charge in [0.2, 0.25) is 0 Å². The molecule has 0 radical (unpaired) electrons. The van der Waals surface area contributed by atoms with Crippen LogP contribution in [0.1, 0.15) is 6.92 Å². The average Bonchev–Trinajstić information content (AvgIpc) is 1.83. The average molecular weight is 149 g/mol. The lowest BCUT2D eigenvalue weighted by molar-refractivity contribution is 0.194. The second-order valence-corrected chi connectivity index (χ2v) is 3.01. The van der Waals surface area contributed by atoms with Gasteiger partial charge >= 0.3 is 6.09 Å². The molecule has 2 N–H and O–H groups in total. The number of carbonyl (C=O) groups is 1. The largest absolute Gasteiger partial charge is 0.465 e. The highest BCUT2D eigenvalue weighted by molar-refractivity contribution is 7.99. The van der Waals surface area contributed by atoms with Crippen molar-refractivity contribution < 1.29 is 9.90 Å². The normalized spacial score (nSPS) is 12.7. The van der Waals surface area contributed by atoms with Crippen molar-refractivity contribution in [3.8, 4) is 0 Å². The van der Waals surface area contributed by atoms with Crippen LogP contribution in [-0.4, -0.2) is 29.3 Å². The summed E-state index contributed by atoms with van der Waals surface area (Å²) in [5.41, 5.74) is 0. The molecule has 0 saturated carbocycles. The summed E-state index contributed by atoms with van der Waals surface area (Å²) >= 11 is 1.64. The second-order valence-electron chi connectivity index (χ2n) is 1.73. The van der Waals surface area contributed by atoms with E-state index in [0.717, 1.165) is 0 Å². The molecule has 0 spiro atoms. The van der Waals surface area contributed by atoms with Gasteiger partial charge in [-0.1, -0.05) is 6.92 Å². The summed E-state index contributed by atoms with van der Waals surface area (Å²) in [6, 6.07) is 0. The van der Waals surface area contributed by atoms with Crippen LogP contribution in [0.2, 0.25) is 0 Å². The van der Waals surface area contributed by atoms with Crippen LogP contribution in [0.25, 0.3) is 0 Å². The highest BCUT2D eigenvalue weighted by atomic mass is 32.2. The first-order chi connectivity index (χ1) is 4.16. The fourth-order valence-corrected chi connectivity index (χ4v) is 0.564. The minimum atomic E-state index is -0.948. The third-order valence-electron chi connectivity index (χ3n) is 0.943. The quantitative estimate of drug-likeness (QED) is 0.629. The van der Waals surface area contributed by atoms with Crippen molar-refractivity contribution in [2.45, 2.75) is 12.2 Å². The molecule has 0 saturated heterocycles. The third-order valence-corrected chi connectivity index (χ3v) is 1.91. The van der Waals surface area contributed by atoms with E-state index in [1.807, 2.05) is 13.2 Å². The maximum Gasteiger partial charge on any atom is 0.404 e. The van der Waals surface area contributed by atoms with Crippen molar-refractivity contribution in [1.29, 1.82) is 0 Å². The maximum absolute atomic E-state index is 9.90. The molecule has 0 aliphatic carbocycles. The summed E-state index contributed by atoms with van der Waals surface area (Å²) in [5, 5.41) is 10.8. The molecule has 0 aromatic carbocycles. The molecule has 0 rings (SSSR count). The first-order valence-electron chi connectivity index (χ1n) is 2.66. The SMILES string of the molecule is CSC(C)CNC(=O)O. The van der Waals surface area contributed by atoms with Crippen molar-refractivity contribution >= 4 is 17.9 Å². The van der Waals surface area contributed by atoms with Gasteiger partial charge in [-0.15, -0.1) is 0 Å². The molecule has 9 heavy (non-hydrogen) atoms. The molecule has 4 heteroatoms. The van der Waals surface area contributed by atoms with Gasteiger partial charge < -0.3 is 10.4 Å². The Bertz CT molecular complexity index is 97.0. The molecule has 3 nitrogen and oxygen atoms in total. The van der Waals surface area contributed by atoms with E-state index < -0.39 is 6.09 Å². The highest BCUT2D eigenvalue weighted by Gasteiger charge is 1.99. The van der Waals surface area contributed by atoms with Gasteiger partial charge in [0.05, 0.1) is 0 Å². The molecule has 54 valence electrons. The summed E-state index contributed by atoms with van der Waals surface area (Å²) in [5.74, 6) is 0. The van der Waals surface area contributed by atoms with Crippen molar-refractivity contribution in [2.24, 2.45) is 0 Å². The Labute approximate surface area is 58.8 Å². The van der Waals surface area contributed by atoms with E-state index >= 15 is 0 Å². The standard InChI is InChI=1S/C5H11NO2S/c1-4(9-2)3-6-5(7)8/h4,6H,3H2,1-2H3,(H,7,8). The maximum atomic E-state index is 9.90. The predicted molar refractivity (Wildman–Crippen MR) is 39.0 cm³/mol. The topological polar surface area (TPSA) is 49.3 Å². The Kier molecular flexibility index (Phi) is 4.30. The fourth-order valence-electron chi connectivity index (χ4n) is 0.314. The second kappa shape index (κ2) is 4.49. The van der Waals surface area contributed by atoms with Crippen LogP contribution in [0.3, 0.4) is 0 Å². The Hall–Kier alpha value is -0.380. The first-order valence-corrected chi connectivity index (χ1v) is 3.95. The van der Waals surface area contributed by atoms with Gasteiger partial charge in [-0.3, -0.25) is 0 Å². The summed E-state index contributed by atoms with van der Waals surface area (Å²) in [6.45, 7) is 2.50. The van der Waals surface area contributed by atoms with Crippen LogP contribution in [0.15, 0.2) is 0 Å². The minimum absolute atomic E-state index is 0.362. The zero-order chi connectivity index (χ0) is 7.28. The molecule has 0 aromatic rings. The predicted octanol–water partition coefficient (Wildman–Crippen LogP) is 1.01. The molecular formula is C5H11NO2S. The molecule has 0 aromatic heterocycles. The van der Waals surface area contributed by atoms with E-state index in [1.54, 1.807) is 11.8 Å². The Balaban J connectivity index is 3.16. The number of nitrogens with one attached hydrogen (secondary N) is 1. The van der Waals surface area contributed by atoms with E-state index in [0.29, 0.717) is 11.8 Å². The lowest BCUT2D eigenvalue weighted by atomic mass is 10.5. The number of hydrogen-bond donors (Lipinski definition) is 2. The molecule has 1 amide bonds. The number of hydrogen-bond acceptors (Lipinski definition) is 2. The fraction of sp³-hybridized carbons (Fsp3) is 0.800. The van der Waals surface area contributed by atoms with E-state index in [9.17, 15) is 4.79 Å². The summed E-state index contributed by atoms with van der Waals surface area (Å²) in [7, 11) is 0. The van der Waals surface area contributed by atoms with Crippen LogP contribution in [0.4, 0.5) is 4.79 Å². The Morgan fingerprint density at radius 3 is 2.78 bits per heavy atom. The highest BCUT2D eigenvalue weighted by Crippen LogP contribution is 2.01. The molecular weight excluding hydrogens is 138 g/mol. The monoisotopic (exact) mass is 149 g/mol. The van der Waals surface area contributed by atoms with Crippen molar-refractivity contribution in [2.75, 3.05) is 12.8 Å². The lowest BCUT2D eigenvalue weighted by Crippen LogP contribution is -2.27. The van der Waals surface area contributed by atoms with Gasteiger partial charge in [-0.2, -0.15) is 11.8 Å². The first kappa shape index (κ1) is 8.62. The van der Waals surface area contributed by atoms with E-state index in [2.05, 4.69) is 5.32 Å². The zero-order valence-electron chi connectivity index (χ0n) is 5.55. The van der Waals surface area contributed by atoms with Crippen molar-refractivity contribution in [3.63, 3.8) is 0 Å². The van der Waals surface area contributed by atoms with Gasteiger partial charge in [0.15, 0.2) is 0 Å². The van der Waals surface area contributed by atoms with Crippen LogP contribution < -0.4 is 5.32 Å². The smallest absolute Gasteiger partial charge is 0.404 e. The van der Waals surface area contributed by atoms with Crippen LogP contribution in [0, 0.1) is 0 Å². The number of carboxylic acid groups (broad SMARTS) is 1. The number of amides is 1. The molecule has 0 aliphatic rings. The molecule has 0 aliphatic heterocycles. The minimum Gasteiger partial charge on any atom is -0.465 e. The molecule has 0 bridgehead atoms. The van der Waals surface area contributed by atoms with Gasteiger partial charge in [0.1, 0.15) is 0 Å². The van der Waals surface area contributed by atoms with Crippen molar-refractivity contribution in [1.82, 2.24) is 5.32 Å². The Morgan fingerprint density at radius 2 is 2.44 bits per heavy atom. The van der Waals surface area contributed by atoms with E-state index in [4.69, 9.17) is 5.11 Å². The molecule has 1 atom stereocenters. The Morgan fingerprint density at radius 1 is 1.89 bits per heavy atom. The number of thioether (sulfide) groups is 1. The van der Waals surface area contributed by atoms with Crippen LogP contribution >= 0.6 is 11.8 Å².